The average molecular weight is 836 g/mol. The third-order valence-electron chi connectivity index (χ3n) is 11.8. The normalized spacial score (nSPS) is 19.0. The number of carbonyl (C=O) groups is 4. The molecule has 1 aromatic carbocycles. The summed E-state index contributed by atoms with van der Waals surface area (Å²) in [5.74, 6) is 0.923. The number of aryl methyl sites for hydroxylation is 1. The van der Waals surface area contributed by atoms with E-state index in [-0.39, 0.29) is 36.8 Å². The quantitative estimate of drug-likeness (QED) is 0.124. The van der Waals surface area contributed by atoms with E-state index >= 15 is 0 Å². The van der Waals surface area contributed by atoms with Crippen LogP contribution in [-0.2, 0) is 19.1 Å². The SMILES string of the molecule is COC(=O)N[C@H](C(=O)N1CCC[C@H]1c1ncc(-c2ccc3c(c2)cc2c4ncc(-c5cnc([C@@H]6C[C@@H](F)CN6C(=O)[C@@H](NC(=O)OC)C(C)C)[nH]5)cc4nc(C)n32)[nH]1)C(C)C. The number of H-pyrrole nitrogens is 2. The van der Waals surface area contributed by atoms with E-state index < -0.39 is 42.4 Å². The summed E-state index contributed by atoms with van der Waals surface area (Å²) in [7, 11) is 2.51. The fourth-order valence-electron chi connectivity index (χ4n) is 8.68. The Labute approximate surface area is 350 Å². The predicted molar refractivity (Wildman–Crippen MR) is 224 cm³/mol. The molecule has 4 N–H and O–H groups in total. The smallest absolute Gasteiger partial charge is 0.407 e. The van der Waals surface area contributed by atoms with Gasteiger partial charge in [-0.15, -0.1) is 0 Å². The maximum Gasteiger partial charge on any atom is 0.407 e. The minimum Gasteiger partial charge on any atom is -0.453 e. The summed E-state index contributed by atoms with van der Waals surface area (Å²) in [6.45, 7) is 9.78. The second kappa shape index (κ2) is 16.5. The van der Waals surface area contributed by atoms with E-state index in [1.807, 2.05) is 39.0 Å². The van der Waals surface area contributed by atoms with Crippen LogP contribution in [0.4, 0.5) is 14.0 Å². The van der Waals surface area contributed by atoms with Crippen LogP contribution in [0.5, 0.6) is 0 Å². The minimum absolute atomic E-state index is 0.0675. The first-order valence-corrected chi connectivity index (χ1v) is 20.5. The van der Waals surface area contributed by atoms with Crippen molar-refractivity contribution in [3.63, 3.8) is 0 Å². The summed E-state index contributed by atoms with van der Waals surface area (Å²) in [5, 5.41) is 6.26. The Morgan fingerprint density at radius 1 is 0.787 bits per heavy atom. The van der Waals surface area contributed by atoms with Crippen LogP contribution in [0.25, 0.3) is 50.0 Å². The van der Waals surface area contributed by atoms with Gasteiger partial charge in [0.2, 0.25) is 11.8 Å². The zero-order valence-electron chi connectivity index (χ0n) is 35.2. The second-order valence-corrected chi connectivity index (χ2v) is 16.5. The molecule has 0 unspecified atom stereocenters. The van der Waals surface area contributed by atoms with E-state index in [9.17, 15) is 23.6 Å². The number of alkyl halides is 1. The van der Waals surface area contributed by atoms with Gasteiger partial charge in [-0.2, -0.15) is 0 Å². The van der Waals surface area contributed by atoms with Gasteiger partial charge < -0.3 is 39.9 Å². The number of imidazole rings is 2. The minimum atomic E-state index is -1.25. The lowest BCUT2D eigenvalue weighted by Crippen LogP contribution is -2.51. The third kappa shape index (κ3) is 7.70. The van der Waals surface area contributed by atoms with Gasteiger partial charge in [0.1, 0.15) is 41.2 Å². The number of amides is 4. The highest BCUT2D eigenvalue weighted by atomic mass is 19.1. The number of benzene rings is 1. The Hall–Kier alpha value is -6.59. The number of rotatable bonds is 10. The number of halogens is 1. The summed E-state index contributed by atoms with van der Waals surface area (Å²) in [5.41, 5.74) is 6.31. The fraction of sp³-hybridized carbons (Fsp3) is 0.442. The van der Waals surface area contributed by atoms with Crippen molar-refractivity contribution in [1.82, 2.24) is 54.7 Å². The van der Waals surface area contributed by atoms with Gasteiger partial charge >= 0.3 is 12.2 Å². The third-order valence-corrected chi connectivity index (χ3v) is 11.8. The molecule has 5 aromatic heterocycles. The topological polar surface area (TPSA) is 205 Å². The van der Waals surface area contributed by atoms with Crippen LogP contribution in [0, 0.1) is 18.8 Å². The molecule has 8 rings (SSSR count). The van der Waals surface area contributed by atoms with E-state index in [4.69, 9.17) is 24.4 Å². The van der Waals surface area contributed by atoms with Crippen LogP contribution in [0.3, 0.4) is 0 Å². The van der Waals surface area contributed by atoms with E-state index in [0.717, 1.165) is 51.9 Å². The number of hydrogen-bond acceptors (Lipinski definition) is 10. The van der Waals surface area contributed by atoms with Gasteiger partial charge in [0.15, 0.2) is 0 Å². The van der Waals surface area contributed by atoms with E-state index in [1.54, 1.807) is 37.3 Å². The highest BCUT2D eigenvalue weighted by molar-refractivity contribution is 6.00. The molecule has 2 aliphatic heterocycles. The van der Waals surface area contributed by atoms with E-state index in [1.165, 1.54) is 19.1 Å². The maximum absolute atomic E-state index is 14.9. The van der Waals surface area contributed by atoms with Gasteiger partial charge in [-0.3, -0.25) is 19.0 Å². The molecule has 2 aliphatic rings. The number of carbonyl (C=O) groups excluding carboxylic acids is 4. The molecule has 0 radical (unpaired) electrons. The number of nitrogens with one attached hydrogen (secondary N) is 4. The van der Waals surface area contributed by atoms with Crippen molar-refractivity contribution in [2.45, 2.75) is 84.2 Å². The number of nitrogens with zero attached hydrogens (tertiary/aromatic N) is 7. The molecule has 18 heteroatoms. The highest BCUT2D eigenvalue weighted by Gasteiger charge is 2.42. The predicted octanol–water partition coefficient (Wildman–Crippen LogP) is 6.16. The van der Waals surface area contributed by atoms with Gasteiger partial charge in [-0.25, -0.2) is 28.9 Å². The van der Waals surface area contributed by atoms with E-state index in [0.29, 0.717) is 34.9 Å². The molecule has 0 bridgehead atoms. The van der Waals surface area contributed by atoms with Crippen LogP contribution in [0.2, 0.25) is 0 Å². The highest BCUT2D eigenvalue weighted by Crippen LogP contribution is 2.37. The van der Waals surface area contributed by atoms with Crippen LogP contribution in [0.1, 0.15) is 76.5 Å². The first-order chi connectivity index (χ1) is 29.3. The fourth-order valence-corrected chi connectivity index (χ4v) is 8.68. The summed E-state index contributed by atoms with van der Waals surface area (Å²) in [6, 6.07) is 7.66. The van der Waals surface area contributed by atoms with Crippen molar-refractivity contribution in [3.05, 3.63) is 66.4 Å². The number of aromatic nitrogens is 7. The van der Waals surface area contributed by atoms with Crippen LogP contribution >= 0.6 is 0 Å². The maximum atomic E-state index is 14.9. The molecule has 2 saturated heterocycles. The lowest BCUT2D eigenvalue weighted by molar-refractivity contribution is -0.136. The Balaban J connectivity index is 1.04. The Morgan fingerprint density at radius 3 is 2.05 bits per heavy atom. The first-order valence-electron chi connectivity index (χ1n) is 20.5. The molecule has 4 amide bonds. The molecule has 320 valence electrons. The first kappa shape index (κ1) is 41.2. The number of alkyl carbamates (subject to hydrolysis) is 2. The average Bonchev–Trinajstić information content (AvgIpc) is 4.10. The lowest BCUT2D eigenvalue weighted by atomic mass is 10.0. The Morgan fingerprint density at radius 2 is 1.41 bits per heavy atom. The number of likely N-dealkylation sites (tertiary alicyclic amines) is 2. The van der Waals surface area contributed by atoms with Crippen molar-refractivity contribution in [1.29, 1.82) is 0 Å². The van der Waals surface area contributed by atoms with Crippen molar-refractivity contribution < 1.29 is 33.0 Å². The largest absolute Gasteiger partial charge is 0.453 e. The number of ether oxygens (including phenoxy) is 2. The molecule has 2 fully saturated rings. The molecule has 5 atom stereocenters. The Bertz CT molecular complexity index is 2650. The number of fused-ring (bicyclic) bond motifs is 5. The summed E-state index contributed by atoms with van der Waals surface area (Å²) in [6.07, 6.45) is 4.17. The molecule has 0 spiro atoms. The number of methoxy groups -OCH3 is 2. The molecule has 61 heavy (non-hydrogen) atoms. The molecule has 0 saturated carbocycles. The van der Waals surface area contributed by atoms with E-state index in [2.05, 4.69) is 42.1 Å². The Kier molecular flexibility index (Phi) is 11.1. The van der Waals surface area contributed by atoms with Crippen molar-refractivity contribution in [2.24, 2.45) is 11.8 Å². The van der Waals surface area contributed by atoms with Crippen LogP contribution in [-0.4, -0.2) is 114 Å². The van der Waals surface area contributed by atoms with Crippen LogP contribution in [0.15, 0.2) is 48.9 Å². The van der Waals surface area contributed by atoms with Gasteiger partial charge in [-0.1, -0.05) is 33.8 Å². The lowest BCUT2D eigenvalue weighted by Gasteiger charge is -2.30. The zero-order valence-corrected chi connectivity index (χ0v) is 35.2. The zero-order chi connectivity index (χ0) is 43.3. The number of aromatic amines is 2. The standard InChI is InChI=1S/C43H50FN11O6/c1-21(2)35(51-42(58)60-6)40(56)53-12-8-9-32(53)38-46-18-29(49-38)24-10-11-31-25(13-24)15-33-37-28(48-23(5)55(31)33)14-26(17-45-37)30-19-47-39(50-30)34-16-27(44)20-54(34)41(57)36(22(3)4)52-43(59)61-7/h10-11,13-15,17-19,21-22,27,32,34-36H,8-9,12,16,20H2,1-7H3,(H,46,49)(H,47,50)(H,51,58)(H,52,59)/t27-,32+,34+,35+,36+/m1/s1. The number of pyridine rings is 1. The van der Waals surface area contributed by atoms with Crippen molar-refractivity contribution >= 4 is 51.5 Å². The molecular formula is C43H50FN11O6. The molecule has 0 aliphatic carbocycles. The van der Waals surface area contributed by atoms with Crippen molar-refractivity contribution in [2.75, 3.05) is 27.3 Å². The van der Waals surface area contributed by atoms with Crippen molar-refractivity contribution in [3.8, 4) is 22.5 Å². The van der Waals surface area contributed by atoms with Gasteiger partial charge in [0, 0.05) is 35.7 Å². The summed E-state index contributed by atoms with van der Waals surface area (Å²) < 4.78 is 26.5. The van der Waals surface area contributed by atoms with Gasteiger partial charge in [0.25, 0.3) is 0 Å². The second-order valence-electron chi connectivity index (χ2n) is 16.5. The summed E-state index contributed by atoms with van der Waals surface area (Å²) in [4.78, 5) is 80.4. The summed E-state index contributed by atoms with van der Waals surface area (Å²) >= 11 is 0. The monoisotopic (exact) mass is 835 g/mol. The molecular weight excluding hydrogens is 786 g/mol. The molecule has 17 nitrogen and oxygen atoms in total. The molecule has 6 aromatic rings. The number of hydrogen-bond donors (Lipinski definition) is 4. The van der Waals surface area contributed by atoms with Gasteiger partial charge in [-0.05, 0) is 55.9 Å². The molecule has 7 heterocycles. The van der Waals surface area contributed by atoms with Gasteiger partial charge in [0.05, 0.1) is 73.2 Å². The van der Waals surface area contributed by atoms with Crippen LogP contribution < -0.4 is 10.6 Å².